The van der Waals surface area contributed by atoms with Gasteiger partial charge >= 0.3 is 5.97 Å². The van der Waals surface area contributed by atoms with Crippen LogP contribution in [0.25, 0.3) is 28.3 Å². The van der Waals surface area contributed by atoms with Crippen molar-refractivity contribution < 1.29 is 19.1 Å². The maximum atomic E-state index is 12.8. The number of anilines is 1. The highest BCUT2D eigenvalue weighted by molar-refractivity contribution is 5.90. The first-order valence-corrected chi connectivity index (χ1v) is 10.4. The summed E-state index contributed by atoms with van der Waals surface area (Å²) >= 11 is 0. The van der Waals surface area contributed by atoms with Crippen molar-refractivity contribution in [3.05, 3.63) is 54.4 Å². The van der Waals surface area contributed by atoms with Crippen LogP contribution in [0.15, 0.2) is 53.3 Å². The monoisotopic (exact) mass is 447 g/mol. The van der Waals surface area contributed by atoms with Gasteiger partial charge in [-0.3, -0.25) is 4.68 Å². The van der Waals surface area contributed by atoms with Crippen LogP contribution in [0, 0.1) is 0 Å². The topological polar surface area (TPSA) is 133 Å². The van der Waals surface area contributed by atoms with Crippen molar-refractivity contribution in [2.45, 2.75) is 19.4 Å². The van der Waals surface area contributed by atoms with Crippen LogP contribution in [-0.4, -0.2) is 53.1 Å². The summed E-state index contributed by atoms with van der Waals surface area (Å²) in [4.78, 5) is 22.0. The normalized spacial score (nSPS) is 12.3. The van der Waals surface area contributed by atoms with Crippen LogP contribution in [0.2, 0.25) is 0 Å². The van der Waals surface area contributed by atoms with Gasteiger partial charge in [0, 0.05) is 19.7 Å². The van der Waals surface area contributed by atoms with E-state index < -0.39 is 12.0 Å². The Morgan fingerprint density at radius 2 is 2.03 bits per heavy atom. The number of hydrogen-bond acceptors (Lipinski definition) is 9. The lowest BCUT2D eigenvalue weighted by Crippen LogP contribution is -2.34. The zero-order valence-corrected chi connectivity index (χ0v) is 18.0. The van der Waals surface area contributed by atoms with Crippen LogP contribution in [0.5, 0.6) is 5.75 Å². The molecule has 0 spiro atoms. The molecule has 0 saturated heterocycles. The minimum Gasteiger partial charge on any atom is -0.508 e. The van der Waals surface area contributed by atoms with Crippen molar-refractivity contribution in [1.29, 1.82) is 0 Å². The van der Waals surface area contributed by atoms with E-state index in [-0.39, 0.29) is 12.4 Å². The zero-order chi connectivity index (χ0) is 22.9. The second-order valence-corrected chi connectivity index (χ2v) is 7.44. The van der Waals surface area contributed by atoms with Gasteiger partial charge in [0.05, 0.1) is 18.3 Å². The van der Waals surface area contributed by atoms with Gasteiger partial charge in [-0.25, -0.2) is 9.78 Å². The van der Waals surface area contributed by atoms with Gasteiger partial charge in [-0.2, -0.15) is 14.6 Å². The molecule has 0 fully saturated rings. The maximum Gasteiger partial charge on any atom is 0.328 e. The predicted octanol–water partition coefficient (Wildman–Crippen LogP) is 2.56. The van der Waals surface area contributed by atoms with Crippen molar-refractivity contribution in [3.63, 3.8) is 0 Å². The van der Waals surface area contributed by atoms with Gasteiger partial charge in [0.2, 0.25) is 11.8 Å². The SMILES string of the molecule is CCOC(=O)[C@H](Cc1ccc(O)cc1)Nc1nc2nn(C)cc2c2nc(-c3ccco3)nn12. The molecule has 11 nitrogen and oxygen atoms in total. The molecule has 4 heterocycles. The molecule has 0 bridgehead atoms. The Labute approximate surface area is 187 Å². The van der Waals surface area contributed by atoms with E-state index in [9.17, 15) is 9.90 Å². The fourth-order valence-electron chi connectivity index (χ4n) is 3.56. The van der Waals surface area contributed by atoms with Crippen LogP contribution in [-0.2, 0) is 23.0 Å². The van der Waals surface area contributed by atoms with Crippen LogP contribution < -0.4 is 5.32 Å². The predicted molar refractivity (Wildman–Crippen MR) is 119 cm³/mol. The number of furan rings is 1. The third-order valence-electron chi connectivity index (χ3n) is 5.06. The third-order valence-corrected chi connectivity index (χ3v) is 5.06. The molecule has 168 valence electrons. The number of phenols is 1. The highest BCUT2D eigenvalue weighted by Gasteiger charge is 2.25. The quantitative estimate of drug-likeness (QED) is 0.361. The number of aromatic hydroxyl groups is 1. The first kappa shape index (κ1) is 20.5. The van der Waals surface area contributed by atoms with E-state index in [1.807, 2.05) is 0 Å². The summed E-state index contributed by atoms with van der Waals surface area (Å²) in [5.74, 6) is 0.892. The van der Waals surface area contributed by atoms with Crippen LogP contribution >= 0.6 is 0 Å². The number of carbonyl (C=O) groups excluding carboxylic acids is 1. The Kier molecular flexibility index (Phi) is 5.13. The zero-order valence-electron chi connectivity index (χ0n) is 18.0. The fourth-order valence-corrected chi connectivity index (χ4v) is 3.56. The molecular weight excluding hydrogens is 426 g/mol. The number of nitrogens with one attached hydrogen (secondary N) is 1. The van der Waals surface area contributed by atoms with E-state index in [1.165, 1.54) is 4.52 Å². The summed E-state index contributed by atoms with van der Waals surface area (Å²) in [6.45, 7) is 1.99. The molecule has 0 aliphatic carbocycles. The second kappa shape index (κ2) is 8.26. The van der Waals surface area contributed by atoms with Crippen molar-refractivity contribution >= 4 is 28.6 Å². The highest BCUT2D eigenvalue weighted by atomic mass is 16.5. The first-order chi connectivity index (χ1) is 16.0. The fraction of sp³-hybridized carbons (Fsp3) is 0.227. The molecule has 5 aromatic rings. The van der Waals surface area contributed by atoms with E-state index in [1.54, 1.807) is 67.5 Å². The standard InChI is InChI=1S/C22H21N7O4/c1-3-32-21(31)16(11-13-6-8-14(30)9-7-13)23-22-25-18-15(12-28(2)26-18)20-24-19(27-29(20)22)17-5-4-10-33-17/h4-10,12,16,30H,3,11H2,1-2H3,(H,23,25,26)/t16-/m0/s1. The molecule has 1 aromatic carbocycles. The molecule has 4 aromatic heterocycles. The van der Waals surface area contributed by atoms with E-state index in [2.05, 4.69) is 25.5 Å². The molecule has 0 unspecified atom stereocenters. The average Bonchev–Trinajstić information content (AvgIpc) is 3.53. The van der Waals surface area contributed by atoms with Gasteiger partial charge in [0.25, 0.3) is 0 Å². The molecular formula is C22H21N7O4. The summed E-state index contributed by atoms with van der Waals surface area (Å²) in [6, 6.07) is 9.40. The van der Waals surface area contributed by atoms with E-state index in [4.69, 9.17) is 9.15 Å². The minimum atomic E-state index is -0.761. The molecule has 33 heavy (non-hydrogen) atoms. The van der Waals surface area contributed by atoms with E-state index in [0.717, 1.165) is 5.56 Å². The summed E-state index contributed by atoms with van der Waals surface area (Å²) in [5.41, 5.74) is 1.82. The maximum absolute atomic E-state index is 12.8. The minimum absolute atomic E-state index is 0.149. The summed E-state index contributed by atoms with van der Waals surface area (Å²) in [6.07, 6.45) is 3.66. The molecule has 0 aliphatic rings. The van der Waals surface area contributed by atoms with Crippen molar-refractivity contribution in [2.24, 2.45) is 7.05 Å². The van der Waals surface area contributed by atoms with Crippen LogP contribution in [0.4, 0.5) is 5.95 Å². The lowest BCUT2D eigenvalue weighted by atomic mass is 10.1. The Morgan fingerprint density at radius 1 is 1.21 bits per heavy atom. The van der Waals surface area contributed by atoms with E-state index >= 15 is 0 Å². The molecule has 0 aliphatic heterocycles. The third kappa shape index (κ3) is 3.95. The Hall–Kier alpha value is -4.41. The molecule has 0 amide bonds. The Bertz CT molecular complexity index is 1420. The van der Waals surface area contributed by atoms with Crippen molar-refractivity contribution in [3.8, 4) is 17.3 Å². The Morgan fingerprint density at radius 3 is 2.76 bits per heavy atom. The van der Waals surface area contributed by atoms with Gasteiger partial charge in [0.15, 0.2) is 17.1 Å². The largest absolute Gasteiger partial charge is 0.508 e. The molecule has 5 rings (SSSR count). The van der Waals surface area contributed by atoms with Crippen LogP contribution in [0.1, 0.15) is 12.5 Å². The van der Waals surface area contributed by atoms with Crippen LogP contribution in [0.3, 0.4) is 0 Å². The smallest absolute Gasteiger partial charge is 0.328 e. The number of nitrogens with zero attached hydrogens (tertiary/aromatic N) is 6. The highest BCUT2D eigenvalue weighted by Crippen LogP contribution is 2.24. The number of aromatic nitrogens is 6. The number of fused-ring (bicyclic) bond motifs is 3. The molecule has 1 atom stereocenters. The van der Waals surface area contributed by atoms with Crippen molar-refractivity contribution in [1.82, 2.24) is 29.4 Å². The number of aryl methyl sites for hydroxylation is 1. The number of phenolic OH excluding ortho intramolecular Hbond substituents is 1. The summed E-state index contributed by atoms with van der Waals surface area (Å²) in [5, 5.41) is 22.4. The Balaban J connectivity index is 1.59. The second-order valence-electron chi connectivity index (χ2n) is 7.44. The lowest BCUT2D eigenvalue weighted by molar-refractivity contribution is -0.144. The number of carbonyl (C=O) groups is 1. The first-order valence-electron chi connectivity index (χ1n) is 10.4. The summed E-state index contributed by atoms with van der Waals surface area (Å²) < 4.78 is 13.9. The number of esters is 1. The van der Waals surface area contributed by atoms with Gasteiger partial charge in [0.1, 0.15) is 11.8 Å². The van der Waals surface area contributed by atoms with Gasteiger partial charge < -0.3 is 19.6 Å². The molecule has 0 saturated carbocycles. The number of ether oxygens (including phenoxy) is 1. The van der Waals surface area contributed by atoms with Gasteiger partial charge in [-0.15, -0.1) is 5.10 Å². The molecule has 11 heteroatoms. The lowest BCUT2D eigenvalue weighted by Gasteiger charge is -2.18. The average molecular weight is 447 g/mol. The molecule has 2 N–H and O–H groups in total. The van der Waals surface area contributed by atoms with Gasteiger partial charge in [-0.1, -0.05) is 12.1 Å². The van der Waals surface area contributed by atoms with Crippen molar-refractivity contribution in [2.75, 3.05) is 11.9 Å². The van der Waals surface area contributed by atoms with Gasteiger partial charge in [-0.05, 0) is 36.8 Å². The van der Waals surface area contributed by atoms with E-state index in [0.29, 0.717) is 40.6 Å². The number of rotatable bonds is 7. The summed E-state index contributed by atoms with van der Waals surface area (Å²) in [7, 11) is 1.79. The number of benzene rings is 1. The molecule has 0 radical (unpaired) electrons. The number of hydrogen-bond donors (Lipinski definition) is 2.